The Hall–Kier alpha value is -0.830. The molecule has 0 radical (unpaired) electrons. The normalized spacial score (nSPS) is 31.5. The minimum atomic E-state index is 0.448. The predicted octanol–water partition coefficient (Wildman–Crippen LogP) is 0.597. The summed E-state index contributed by atoms with van der Waals surface area (Å²) in [6, 6.07) is 0. The number of rotatable bonds is 0. The maximum Gasteiger partial charge on any atom is 0.0530 e. The quantitative estimate of drug-likeness (QED) is 0.629. The van der Waals surface area contributed by atoms with Crippen LogP contribution in [0.5, 0.6) is 0 Å². The highest BCUT2D eigenvalue weighted by Gasteiger charge is 2.42. The van der Waals surface area contributed by atoms with Crippen LogP contribution in [-0.4, -0.2) is 22.9 Å². The van der Waals surface area contributed by atoms with Gasteiger partial charge < -0.3 is 5.32 Å². The molecule has 3 rings (SSSR count). The second kappa shape index (κ2) is 2.35. The van der Waals surface area contributed by atoms with Crippen molar-refractivity contribution in [2.45, 2.75) is 24.7 Å². The maximum atomic E-state index is 4.35. The van der Waals surface area contributed by atoms with Crippen LogP contribution in [0, 0.1) is 0 Å². The van der Waals surface area contributed by atoms with Crippen molar-refractivity contribution >= 4 is 0 Å². The average molecular weight is 177 g/mol. The molecule has 3 heteroatoms. The van der Waals surface area contributed by atoms with Gasteiger partial charge in [0.2, 0.25) is 0 Å². The van der Waals surface area contributed by atoms with Crippen LogP contribution in [-0.2, 0) is 18.9 Å². The summed E-state index contributed by atoms with van der Waals surface area (Å²) in [7, 11) is 2.06. The van der Waals surface area contributed by atoms with Gasteiger partial charge in [0.15, 0.2) is 0 Å². The van der Waals surface area contributed by atoms with Crippen molar-refractivity contribution in [3.63, 3.8) is 0 Å². The van der Waals surface area contributed by atoms with Crippen LogP contribution in [0.1, 0.15) is 24.1 Å². The molecule has 0 aromatic carbocycles. The summed E-state index contributed by atoms with van der Waals surface area (Å²) < 4.78 is 2.04. The minimum Gasteiger partial charge on any atom is -0.316 e. The van der Waals surface area contributed by atoms with Crippen LogP contribution in [0.2, 0.25) is 0 Å². The van der Waals surface area contributed by atoms with Gasteiger partial charge in [-0.15, -0.1) is 0 Å². The van der Waals surface area contributed by atoms with Crippen LogP contribution >= 0.6 is 0 Å². The molecule has 1 aliphatic heterocycles. The number of fused-ring (bicyclic) bond motifs is 2. The van der Waals surface area contributed by atoms with Gasteiger partial charge in [-0.1, -0.05) is 0 Å². The Morgan fingerprint density at radius 3 is 3.23 bits per heavy atom. The molecule has 0 saturated carbocycles. The average Bonchev–Trinajstić information content (AvgIpc) is 2.76. The lowest BCUT2D eigenvalue weighted by molar-refractivity contribution is 0.465. The first-order chi connectivity index (χ1) is 6.32. The standard InChI is InChI=1S/C10H15N3/c1-13-9-2-3-10(4-5-11-7-10)8(9)6-12-13/h6,11H,2-5,7H2,1H3. The lowest BCUT2D eigenvalue weighted by atomic mass is 9.82. The summed E-state index contributed by atoms with van der Waals surface area (Å²) >= 11 is 0. The van der Waals surface area contributed by atoms with E-state index in [1.54, 1.807) is 0 Å². The lowest BCUT2D eigenvalue weighted by Crippen LogP contribution is -2.25. The lowest BCUT2D eigenvalue weighted by Gasteiger charge is -2.20. The summed E-state index contributed by atoms with van der Waals surface area (Å²) in [4.78, 5) is 0. The van der Waals surface area contributed by atoms with Crippen LogP contribution in [0.25, 0.3) is 0 Å². The largest absolute Gasteiger partial charge is 0.316 e. The monoisotopic (exact) mass is 177 g/mol. The Labute approximate surface area is 78.1 Å². The second-order valence-electron chi connectivity index (χ2n) is 4.34. The van der Waals surface area contributed by atoms with Gasteiger partial charge in [0, 0.05) is 30.3 Å². The third-order valence-corrected chi connectivity index (χ3v) is 3.72. The molecule has 2 aliphatic rings. The molecule has 13 heavy (non-hydrogen) atoms. The van der Waals surface area contributed by atoms with E-state index in [0.29, 0.717) is 5.41 Å². The van der Waals surface area contributed by atoms with Crippen molar-refractivity contribution in [1.29, 1.82) is 0 Å². The molecule has 1 N–H and O–H groups in total. The summed E-state index contributed by atoms with van der Waals surface area (Å²) in [5.74, 6) is 0. The number of aryl methyl sites for hydroxylation is 1. The molecule has 70 valence electrons. The molecule has 1 saturated heterocycles. The number of aromatic nitrogens is 2. The van der Waals surface area contributed by atoms with E-state index in [4.69, 9.17) is 0 Å². The SMILES string of the molecule is Cn1ncc2c1CCC21CCNC1. The van der Waals surface area contributed by atoms with Crippen molar-refractivity contribution in [2.75, 3.05) is 13.1 Å². The first kappa shape index (κ1) is 7.56. The molecule has 0 amide bonds. The Balaban J connectivity index is 2.11. The van der Waals surface area contributed by atoms with Crippen LogP contribution in [0.4, 0.5) is 0 Å². The summed E-state index contributed by atoms with van der Waals surface area (Å²) in [6.07, 6.45) is 5.91. The summed E-state index contributed by atoms with van der Waals surface area (Å²) in [5, 5.41) is 7.81. The number of hydrogen-bond acceptors (Lipinski definition) is 2. The molecule has 1 atom stereocenters. The van der Waals surface area contributed by atoms with Gasteiger partial charge in [-0.2, -0.15) is 5.10 Å². The molecular formula is C10H15N3. The molecule has 2 heterocycles. The number of nitrogens with zero attached hydrogens (tertiary/aromatic N) is 2. The summed E-state index contributed by atoms with van der Waals surface area (Å²) in [6.45, 7) is 2.33. The van der Waals surface area contributed by atoms with Gasteiger partial charge in [-0.3, -0.25) is 4.68 Å². The van der Waals surface area contributed by atoms with Crippen molar-refractivity contribution in [3.05, 3.63) is 17.5 Å². The highest BCUT2D eigenvalue weighted by atomic mass is 15.3. The van der Waals surface area contributed by atoms with E-state index in [2.05, 4.69) is 23.7 Å². The van der Waals surface area contributed by atoms with E-state index in [0.717, 1.165) is 6.54 Å². The highest BCUT2D eigenvalue weighted by Crippen LogP contribution is 2.42. The maximum absolute atomic E-state index is 4.35. The summed E-state index contributed by atoms with van der Waals surface area (Å²) in [5.41, 5.74) is 3.42. The number of nitrogens with one attached hydrogen (secondary N) is 1. The van der Waals surface area contributed by atoms with E-state index >= 15 is 0 Å². The Kier molecular flexibility index (Phi) is 1.37. The van der Waals surface area contributed by atoms with E-state index in [1.165, 1.54) is 37.1 Å². The van der Waals surface area contributed by atoms with Crippen molar-refractivity contribution in [2.24, 2.45) is 7.05 Å². The Bertz CT molecular complexity index is 334. The van der Waals surface area contributed by atoms with Gasteiger partial charge in [-0.25, -0.2) is 0 Å². The molecule has 1 unspecified atom stereocenters. The fraction of sp³-hybridized carbons (Fsp3) is 0.700. The second-order valence-corrected chi connectivity index (χ2v) is 4.34. The Morgan fingerprint density at radius 1 is 1.54 bits per heavy atom. The Morgan fingerprint density at radius 2 is 2.46 bits per heavy atom. The van der Waals surface area contributed by atoms with Crippen LogP contribution < -0.4 is 5.32 Å². The molecule has 1 aromatic rings. The van der Waals surface area contributed by atoms with Gasteiger partial charge in [0.1, 0.15) is 0 Å². The highest BCUT2D eigenvalue weighted by molar-refractivity contribution is 5.35. The minimum absolute atomic E-state index is 0.448. The molecule has 1 fully saturated rings. The molecule has 1 aliphatic carbocycles. The van der Waals surface area contributed by atoms with Gasteiger partial charge in [0.25, 0.3) is 0 Å². The van der Waals surface area contributed by atoms with Crippen LogP contribution in [0.15, 0.2) is 6.20 Å². The van der Waals surface area contributed by atoms with E-state index in [-0.39, 0.29) is 0 Å². The van der Waals surface area contributed by atoms with Crippen molar-refractivity contribution in [3.8, 4) is 0 Å². The van der Waals surface area contributed by atoms with E-state index in [9.17, 15) is 0 Å². The van der Waals surface area contributed by atoms with Gasteiger partial charge >= 0.3 is 0 Å². The smallest absolute Gasteiger partial charge is 0.0530 e. The molecule has 3 nitrogen and oxygen atoms in total. The third kappa shape index (κ3) is 0.854. The molecular weight excluding hydrogens is 162 g/mol. The topological polar surface area (TPSA) is 29.9 Å². The zero-order valence-electron chi connectivity index (χ0n) is 8.01. The first-order valence-electron chi connectivity index (χ1n) is 5.04. The molecule has 0 bridgehead atoms. The fourth-order valence-corrected chi connectivity index (χ4v) is 2.88. The van der Waals surface area contributed by atoms with E-state index in [1.807, 2.05) is 4.68 Å². The van der Waals surface area contributed by atoms with E-state index < -0.39 is 0 Å². The van der Waals surface area contributed by atoms with Crippen LogP contribution in [0.3, 0.4) is 0 Å². The zero-order chi connectivity index (χ0) is 8.89. The zero-order valence-corrected chi connectivity index (χ0v) is 8.01. The van der Waals surface area contributed by atoms with Crippen molar-refractivity contribution in [1.82, 2.24) is 15.1 Å². The predicted molar refractivity (Wildman–Crippen MR) is 50.7 cm³/mol. The first-order valence-corrected chi connectivity index (χ1v) is 5.04. The number of hydrogen-bond donors (Lipinski definition) is 1. The fourth-order valence-electron chi connectivity index (χ4n) is 2.88. The van der Waals surface area contributed by atoms with Gasteiger partial charge in [0.05, 0.1) is 6.20 Å². The van der Waals surface area contributed by atoms with Crippen molar-refractivity contribution < 1.29 is 0 Å². The van der Waals surface area contributed by atoms with Gasteiger partial charge in [-0.05, 0) is 25.8 Å². The molecule has 1 aromatic heterocycles. The molecule has 1 spiro atoms. The third-order valence-electron chi connectivity index (χ3n) is 3.72.